The summed E-state index contributed by atoms with van der Waals surface area (Å²) in [4.78, 5) is 6.86. The highest BCUT2D eigenvalue weighted by Gasteiger charge is 2.22. The van der Waals surface area contributed by atoms with Gasteiger partial charge in [-0.3, -0.25) is 9.89 Å². The van der Waals surface area contributed by atoms with Crippen molar-refractivity contribution < 1.29 is 4.74 Å². The molecule has 1 saturated heterocycles. The molecule has 2 N–H and O–H groups in total. The maximum absolute atomic E-state index is 5.67. The first kappa shape index (κ1) is 17.6. The van der Waals surface area contributed by atoms with E-state index in [-0.39, 0.29) is 0 Å². The zero-order chi connectivity index (χ0) is 16.5. The number of nitrogens with zero attached hydrogens (tertiary/aromatic N) is 2. The maximum Gasteiger partial charge on any atom is 0.191 e. The van der Waals surface area contributed by atoms with E-state index < -0.39 is 0 Å². The second-order valence-electron chi connectivity index (χ2n) is 5.77. The summed E-state index contributed by atoms with van der Waals surface area (Å²) < 4.78 is 5.67. The number of guanidine groups is 1. The third-order valence-electron chi connectivity index (χ3n) is 4.35. The molecule has 0 amide bonds. The lowest BCUT2D eigenvalue weighted by atomic mass is 10.2. The Morgan fingerprint density at radius 1 is 1.30 bits per heavy atom. The van der Waals surface area contributed by atoms with Gasteiger partial charge in [0.2, 0.25) is 0 Å². The molecule has 1 atom stereocenters. The Labute approximate surface area is 140 Å². The monoisotopic (exact) mass is 318 g/mol. The van der Waals surface area contributed by atoms with Gasteiger partial charge in [0.05, 0.1) is 6.61 Å². The zero-order valence-electron chi connectivity index (χ0n) is 14.6. The molecular formula is C18H30N4O. The molecule has 2 rings (SSSR count). The lowest BCUT2D eigenvalue weighted by Crippen LogP contribution is -2.44. The van der Waals surface area contributed by atoms with Gasteiger partial charge in [0.1, 0.15) is 5.75 Å². The molecule has 1 aromatic carbocycles. The number of likely N-dealkylation sites (N-methyl/N-ethyl adjacent to an activating group) is 1. The summed E-state index contributed by atoms with van der Waals surface area (Å²) >= 11 is 0. The highest BCUT2D eigenvalue weighted by atomic mass is 16.5. The predicted octanol–water partition coefficient (Wildman–Crippen LogP) is 2.23. The van der Waals surface area contributed by atoms with E-state index in [0.717, 1.165) is 30.4 Å². The molecule has 5 nitrogen and oxygen atoms in total. The first-order valence-corrected chi connectivity index (χ1v) is 8.67. The molecule has 1 fully saturated rings. The Kier molecular flexibility index (Phi) is 7.20. The summed E-state index contributed by atoms with van der Waals surface area (Å²) in [5, 5.41) is 6.84. The van der Waals surface area contributed by atoms with Gasteiger partial charge in [-0.1, -0.05) is 25.1 Å². The summed E-state index contributed by atoms with van der Waals surface area (Å²) in [5.41, 5.74) is 1.15. The average molecular weight is 318 g/mol. The highest BCUT2D eigenvalue weighted by Crippen LogP contribution is 2.17. The van der Waals surface area contributed by atoms with Gasteiger partial charge in [-0.15, -0.1) is 0 Å². The van der Waals surface area contributed by atoms with E-state index >= 15 is 0 Å². The van der Waals surface area contributed by atoms with Crippen LogP contribution < -0.4 is 15.4 Å². The largest absolute Gasteiger partial charge is 0.494 e. The van der Waals surface area contributed by atoms with E-state index in [1.54, 1.807) is 0 Å². The SMILES string of the molecule is CCOc1ccccc1CNC(=NC)NCC1CCCN1CC. The van der Waals surface area contributed by atoms with Gasteiger partial charge >= 0.3 is 0 Å². The van der Waals surface area contributed by atoms with Gasteiger partial charge in [0.15, 0.2) is 5.96 Å². The minimum atomic E-state index is 0.620. The number of rotatable bonds is 7. The molecule has 0 aromatic heterocycles. The van der Waals surface area contributed by atoms with Crippen molar-refractivity contribution in [2.45, 2.75) is 39.3 Å². The van der Waals surface area contributed by atoms with Crippen molar-refractivity contribution in [2.24, 2.45) is 4.99 Å². The van der Waals surface area contributed by atoms with Crippen LogP contribution in [0.15, 0.2) is 29.3 Å². The number of aliphatic imine (C=N–C) groups is 1. The van der Waals surface area contributed by atoms with Crippen molar-refractivity contribution >= 4 is 5.96 Å². The van der Waals surface area contributed by atoms with Gasteiger partial charge < -0.3 is 15.4 Å². The molecule has 1 aromatic rings. The lowest BCUT2D eigenvalue weighted by molar-refractivity contribution is 0.267. The quantitative estimate of drug-likeness (QED) is 0.598. The first-order valence-electron chi connectivity index (χ1n) is 8.67. The van der Waals surface area contributed by atoms with Crippen molar-refractivity contribution in [1.29, 1.82) is 0 Å². The van der Waals surface area contributed by atoms with E-state index in [1.165, 1.54) is 19.4 Å². The van der Waals surface area contributed by atoms with Crippen LogP contribution in [0.2, 0.25) is 0 Å². The Morgan fingerprint density at radius 2 is 2.13 bits per heavy atom. The number of nitrogens with one attached hydrogen (secondary N) is 2. The fourth-order valence-corrected chi connectivity index (χ4v) is 3.10. The van der Waals surface area contributed by atoms with Crippen LogP contribution in [-0.2, 0) is 6.54 Å². The highest BCUT2D eigenvalue weighted by molar-refractivity contribution is 5.79. The molecule has 1 unspecified atom stereocenters. The molecular weight excluding hydrogens is 288 g/mol. The fraction of sp³-hybridized carbons (Fsp3) is 0.611. The average Bonchev–Trinajstić information content (AvgIpc) is 3.04. The van der Waals surface area contributed by atoms with E-state index in [1.807, 2.05) is 32.2 Å². The van der Waals surface area contributed by atoms with Crippen molar-refractivity contribution in [3.05, 3.63) is 29.8 Å². The molecule has 1 aliphatic heterocycles. The Balaban J connectivity index is 1.83. The number of benzene rings is 1. The van der Waals surface area contributed by atoms with Crippen LogP contribution in [0.25, 0.3) is 0 Å². The number of hydrogen-bond acceptors (Lipinski definition) is 3. The van der Waals surface area contributed by atoms with Crippen LogP contribution in [0.4, 0.5) is 0 Å². The van der Waals surface area contributed by atoms with Crippen LogP contribution in [0.1, 0.15) is 32.3 Å². The maximum atomic E-state index is 5.67. The standard InChI is InChI=1S/C18H30N4O/c1-4-22-12-8-10-16(22)14-21-18(19-3)20-13-15-9-6-7-11-17(15)23-5-2/h6-7,9,11,16H,4-5,8,10,12-14H2,1-3H3,(H2,19,20,21). The summed E-state index contributed by atoms with van der Waals surface area (Å²) in [5.74, 6) is 1.78. The number of hydrogen-bond donors (Lipinski definition) is 2. The van der Waals surface area contributed by atoms with Crippen molar-refractivity contribution in [3.63, 3.8) is 0 Å². The number of likely N-dealkylation sites (tertiary alicyclic amines) is 1. The molecule has 23 heavy (non-hydrogen) atoms. The third kappa shape index (κ3) is 5.13. The van der Waals surface area contributed by atoms with E-state index in [2.05, 4.69) is 33.5 Å². The smallest absolute Gasteiger partial charge is 0.191 e. The topological polar surface area (TPSA) is 48.9 Å². The molecule has 128 valence electrons. The normalized spacial score (nSPS) is 18.9. The molecule has 1 aliphatic rings. The van der Waals surface area contributed by atoms with Gasteiger partial charge in [-0.25, -0.2) is 0 Å². The van der Waals surface area contributed by atoms with Crippen LogP contribution in [-0.4, -0.2) is 50.2 Å². The Bertz CT molecular complexity index is 504. The van der Waals surface area contributed by atoms with E-state index in [0.29, 0.717) is 19.2 Å². The van der Waals surface area contributed by atoms with Crippen molar-refractivity contribution in [3.8, 4) is 5.75 Å². The Morgan fingerprint density at radius 3 is 2.87 bits per heavy atom. The van der Waals surface area contributed by atoms with Gasteiger partial charge in [0, 0.05) is 31.7 Å². The van der Waals surface area contributed by atoms with Crippen LogP contribution in [0.3, 0.4) is 0 Å². The third-order valence-corrected chi connectivity index (χ3v) is 4.35. The van der Waals surface area contributed by atoms with Gasteiger partial charge in [-0.05, 0) is 38.9 Å². The lowest BCUT2D eigenvalue weighted by Gasteiger charge is -2.24. The van der Waals surface area contributed by atoms with Crippen molar-refractivity contribution in [2.75, 3.05) is 33.3 Å². The predicted molar refractivity (Wildman–Crippen MR) is 96.1 cm³/mol. The van der Waals surface area contributed by atoms with E-state index in [9.17, 15) is 0 Å². The zero-order valence-corrected chi connectivity index (χ0v) is 14.6. The van der Waals surface area contributed by atoms with Crippen molar-refractivity contribution in [1.82, 2.24) is 15.5 Å². The summed E-state index contributed by atoms with van der Waals surface area (Å²) in [6.45, 7) is 8.91. The number of para-hydroxylation sites is 1. The van der Waals surface area contributed by atoms with Gasteiger partial charge in [0.25, 0.3) is 0 Å². The molecule has 0 radical (unpaired) electrons. The summed E-state index contributed by atoms with van der Waals surface area (Å²) in [6.07, 6.45) is 2.57. The van der Waals surface area contributed by atoms with Crippen LogP contribution >= 0.6 is 0 Å². The molecule has 0 bridgehead atoms. The minimum Gasteiger partial charge on any atom is -0.494 e. The fourth-order valence-electron chi connectivity index (χ4n) is 3.10. The van der Waals surface area contributed by atoms with Crippen LogP contribution in [0.5, 0.6) is 5.75 Å². The molecule has 0 aliphatic carbocycles. The van der Waals surface area contributed by atoms with Gasteiger partial charge in [-0.2, -0.15) is 0 Å². The summed E-state index contributed by atoms with van der Waals surface area (Å²) in [6, 6.07) is 8.75. The minimum absolute atomic E-state index is 0.620. The van der Waals surface area contributed by atoms with Crippen LogP contribution in [0, 0.1) is 0 Å². The second kappa shape index (κ2) is 9.40. The second-order valence-corrected chi connectivity index (χ2v) is 5.77. The first-order chi connectivity index (χ1) is 11.3. The molecule has 0 spiro atoms. The molecule has 5 heteroatoms. The summed E-state index contributed by atoms with van der Waals surface area (Å²) in [7, 11) is 1.82. The molecule has 1 heterocycles. The Hall–Kier alpha value is -1.75. The van der Waals surface area contributed by atoms with E-state index in [4.69, 9.17) is 4.74 Å². The molecule has 0 saturated carbocycles. The number of ether oxygens (including phenoxy) is 1.